The fraction of sp³-hybridized carbons (Fsp3) is 0.923. The van der Waals surface area contributed by atoms with Gasteiger partial charge in [0.05, 0.1) is 0 Å². The van der Waals surface area contributed by atoms with Crippen molar-refractivity contribution in [2.75, 3.05) is 19.6 Å². The fourth-order valence-electron chi connectivity index (χ4n) is 2.58. The Kier molecular flexibility index (Phi) is 3.72. The van der Waals surface area contributed by atoms with Gasteiger partial charge < -0.3 is 10.6 Å². The lowest BCUT2D eigenvalue weighted by atomic mass is 9.72. The van der Waals surface area contributed by atoms with Gasteiger partial charge in [-0.2, -0.15) is 0 Å². The van der Waals surface area contributed by atoms with E-state index in [9.17, 15) is 0 Å². The molecular weight excluding hydrogens is 198 g/mol. The van der Waals surface area contributed by atoms with Gasteiger partial charge in [0.15, 0.2) is 5.96 Å². The monoisotopic (exact) mass is 223 g/mol. The normalized spacial score (nSPS) is 35.1. The summed E-state index contributed by atoms with van der Waals surface area (Å²) in [7, 11) is 0. The second kappa shape index (κ2) is 5.07. The van der Waals surface area contributed by atoms with Gasteiger partial charge in [-0.15, -0.1) is 0 Å². The molecule has 1 fully saturated rings. The van der Waals surface area contributed by atoms with E-state index in [1.165, 1.54) is 32.1 Å². The number of guanidine groups is 1. The first-order chi connectivity index (χ1) is 7.68. The van der Waals surface area contributed by atoms with Crippen LogP contribution in [-0.2, 0) is 0 Å². The van der Waals surface area contributed by atoms with Crippen molar-refractivity contribution in [3.05, 3.63) is 0 Å². The Morgan fingerprint density at radius 2 is 2.19 bits per heavy atom. The van der Waals surface area contributed by atoms with E-state index < -0.39 is 0 Å². The minimum Gasteiger partial charge on any atom is -0.356 e. The Hall–Kier alpha value is -0.730. The minimum absolute atomic E-state index is 0.480. The Labute approximate surface area is 99.1 Å². The van der Waals surface area contributed by atoms with Crippen molar-refractivity contribution in [3.63, 3.8) is 0 Å². The van der Waals surface area contributed by atoms with Crippen LogP contribution in [0.25, 0.3) is 0 Å². The van der Waals surface area contributed by atoms with Crippen LogP contribution in [0.4, 0.5) is 0 Å². The summed E-state index contributed by atoms with van der Waals surface area (Å²) in [6, 6.07) is 0. The van der Waals surface area contributed by atoms with E-state index in [0.717, 1.165) is 31.5 Å². The predicted octanol–water partition coefficient (Wildman–Crippen LogP) is 2.14. The molecule has 0 aromatic heterocycles. The first-order valence-electron chi connectivity index (χ1n) is 6.70. The summed E-state index contributed by atoms with van der Waals surface area (Å²) < 4.78 is 0. The molecule has 92 valence electrons. The van der Waals surface area contributed by atoms with Crippen molar-refractivity contribution >= 4 is 5.96 Å². The molecule has 0 aromatic carbocycles. The third-order valence-corrected chi connectivity index (χ3v) is 4.06. The first kappa shape index (κ1) is 11.7. The van der Waals surface area contributed by atoms with Crippen LogP contribution in [0.2, 0.25) is 0 Å². The van der Waals surface area contributed by atoms with E-state index in [1.807, 2.05) is 0 Å². The summed E-state index contributed by atoms with van der Waals surface area (Å²) >= 11 is 0. The van der Waals surface area contributed by atoms with Crippen LogP contribution in [0.5, 0.6) is 0 Å². The summed E-state index contributed by atoms with van der Waals surface area (Å²) in [6.07, 6.45) is 6.65. The number of hydrogen-bond acceptors (Lipinski definition) is 3. The van der Waals surface area contributed by atoms with Crippen molar-refractivity contribution in [1.82, 2.24) is 10.6 Å². The van der Waals surface area contributed by atoms with Crippen molar-refractivity contribution < 1.29 is 0 Å². The Bertz CT molecular complexity index is 252. The summed E-state index contributed by atoms with van der Waals surface area (Å²) in [5.41, 5.74) is 0.480. The third-order valence-electron chi connectivity index (χ3n) is 4.06. The number of nitrogens with one attached hydrogen (secondary N) is 2. The summed E-state index contributed by atoms with van der Waals surface area (Å²) in [5, 5.41) is 6.81. The van der Waals surface area contributed by atoms with E-state index in [2.05, 4.69) is 29.5 Å². The van der Waals surface area contributed by atoms with Gasteiger partial charge in [-0.25, -0.2) is 0 Å². The molecule has 2 aliphatic rings. The van der Waals surface area contributed by atoms with Gasteiger partial charge in [-0.1, -0.05) is 26.7 Å². The van der Waals surface area contributed by atoms with Gasteiger partial charge >= 0.3 is 0 Å². The van der Waals surface area contributed by atoms with Crippen LogP contribution in [0, 0.1) is 11.3 Å². The number of rotatable bonds is 2. The molecule has 0 unspecified atom stereocenters. The van der Waals surface area contributed by atoms with Crippen LogP contribution in [0.1, 0.15) is 46.0 Å². The van der Waals surface area contributed by atoms with E-state index in [0.29, 0.717) is 5.41 Å². The molecule has 16 heavy (non-hydrogen) atoms. The van der Waals surface area contributed by atoms with Crippen molar-refractivity contribution in [1.29, 1.82) is 0 Å². The maximum Gasteiger partial charge on any atom is 0.191 e. The molecule has 0 amide bonds. The molecular formula is C13H25N3. The molecule has 0 spiro atoms. The van der Waals surface area contributed by atoms with Gasteiger partial charge in [-0.3, -0.25) is 4.99 Å². The van der Waals surface area contributed by atoms with Crippen molar-refractivity contribution in [2.24, 2.45) is 16.3 Å². The van der Waals surface area contributed by atoms with Crippen molar-refractivity contribution in [2.45, 2.75) is 46.0 Å². The van der Waals surface area contributed by atoms with Crippen LogP contribution in [0.15, 0.2) is 4.99 Å². The molecule has 0 bridgehead atoms. The SMILES string of the molecule is CC1CCC(C)(CNC2=NCCCN2)CC1. The molecule has 0 aromatic rings. The zero-order valence-electron chi connectivity index (χ0n) is 10.7. The Balaban J connectivity index is 1.78. The van der Waals surface area contributed by atoms with Gasteiger partial charge in [0, 0.05) is 19.6 Å². The quantitative estimate of drug-likeness (QED) is 0.752. The molecule has 3 nitrogen and oxygen atoms in total. The highest BCUT2D eigenvalue weighted by molar-refractivity contribution is 5.80. The molecule has 0 saturated heterocycles. The van der Waals surface area contributed by atoms with Crippen LogP contribution >= 0.6 is 0 Å². The van der Waals surface area contributed by atoms with E-state index in [-0.39, 0.29) is 0 Å². The second-order valence-electron chi connectivity index (χ2n) is 5.86. The lowest BCUT2D eigenvalue weighted by Crippen LogP contribution is -2.45. The molecule has 3 heteroatoms. The lowest BCUT2D eigenvalue weighted by Gasteiger charge is -2.37. The number of hydrogen-bond donors (Lipinski definition) is 2. The van der Waals surface area contributed by atoms with Gasteiger partial charge in [-0.05, 0) is 30.6 Å². The fourth-order valence-corrected chi connectivity index (χ4v) is 2.58. The zero-order valence-corrected chi connectivity index (χ0v) is 10.7. The minimum atomic E-state index is 0.480. The maximum absolute atomic E-state index is 4.45. The summed E-state index contributed by atoms with van der Waals surface area (Å²) in [4.78, 5) is 4.45. The van der Waals surface area contributed by atoms with Gasteiger partial charge in [0.2, 0.25) is 0 Å². The smallest absolute Gasteiger partial charge is 0.191 e. The Morgan fingerprint density at radius 3 is 2.81 bits per heavy atom. The second-order valence-corrected chi connectivity index (χ2v) is 5.86. The zero-order chi connectivity index (χ0) is 11.4. The van der Waals surface area contributed by atoms with Crippen LogP contribution < -0.4 is 10.6 Å². The highest BCUT2D eigenvalue weighted by Gasteiger charge is 2.29. The molecule has 1 aliphatic carbocycles. The molecule has 1 heterocycles. The van der Waals surface area contributed by atoms with E-state index in [4.69, 9.17) is 0 Å². The molecule has 0 radical (unpaired) electrons. The van der Waals surface area contributed by atoms with Gasteiger partial charge in [0.25, 0.3) is 0 Å². The summed E-state index contributed by atoms with van der Waals surface area (Å²) in [6.45, 7) is 7.91. The van der Waals surface area contributed by atoms with Crippen LogP contribution in [-0.4, -0.2) is 25.6 Å². The first-order valence-corrected chi connectivity index (χ1v) is 6.70. The predicted molar refractivity (Wildman–Crippen MR) is 68.7 cm³/mol. The molecule has 1 aliphatic heterocycles. The topological polar surface area (TPSA) is 36.4 Å². The van der Waals surface area contributed by atoms with E-state index >= 15 is 0 Å². The highest BCUT2D eigenvalue weighted by atomic mass is 15.2. The lowest BCUT2D eigenvalue weighted by molar-refractivity contribution is 0.180. The average molecular weight is 223 g/mol. The largest absolute Gasteiger partial charge is 0.356 e. The van der Waals surface area contributed by atoms with Crippen LogP contribution in [0.3, 0.4) is 0 Å². The summed E-state index contributed by atoms with van der Waals surface area (Å²) in [5.74, 6) is 1.95. The highest BCUT2D eigenvalue weighted by Crippen LogP contribution is 2.37. The number of aliphatic imine (C=N–C) groups is 1. The molecule has 1 saturated carbocycles. The number of nitrogens with zero attached hydrogens (tertiary/aromatic N) is 1. The Morgan fingerprint density at radius 1 is 1.44 bits per heavy atom. The maximum atomic E-state index is 4.45. The van der Waals surface area contributed by atoms with E-state index in [1.54, 1.807) is 0 Å². The van der Waals surface area contributed by atoms with Crippen molar-refractivity contribution in [3.8, 4) is 0 Å². The average Bonchev–Trinajstić information content (AvgIpc) is 2.33. The molecule has 0 atom stereocenters. The third kappa shape index (κ3) is 3.13. The molecule has 2 N–H and O–H groups in total. The standard InChI is InChI=1S/C13H25N3/c1-11-4-6-13(2,7-5-11)10-16-12-14-8-3-9-15-12/h11H,3-10H2,1-2H3,(H2,14,15,16). The van der Waals surface area contributed by atoms with Gasteiger partial charge in [0.1, 0.15) is 0 Å². The molecule has 2 rings (SSSR count).